The van der Waals surface area contributed by atoms with Gasteiger partial charge >= 0.3 is 0 Å². The second-order valence-electron chi connectivity index (χ2n) is 4.61. The van der Waals surface area contributed by atoms with Gasteiger partial charge in [0, 0.05) is 45.8 Å². The Labute approximate surface area is 111 Å². The molecule has 0 radical (unpaired) electrons. The summed E-state index contributed by atoms with van der Waals surface area (Å²) in [5.74, 6) is 0. The summed E-state index contributed by atoms with van der Waals surface area (Å²) < 4.78 is 0. The third-order valence-electron chi connectivity index (χ3n) is 3.47. The molecule has 1 saturated heterocycles. The second kappa shape index (κ2) is 7.97. The zero-order valence-corrected chi connectivity index (χ0v) is 12.0. The Kier molecular flexibility index (Phi) is 6.96. The van der Waals surface area contributed by atoms with Gasteiger partial charge in [-0.25, -0.2) is 0 Å². The van der Waals surface area contributed by atoms with Crippen molar-refractivity contribution in [3.05, 3.63) is 0 Å². The molecular weight excluding hydrogens is 232 g/mol. The molecule has 0 aromatic rings. The molecule has 0 amide bonds. The molecule has 0 aliphatic carbocycles. The first-order valence-electron chi connectivity index (χ1n) is 6.61. The van der Waals surface area contributed by atoms with Crippen LogP contribution in [0.1, 0.15) is 13.8 Å². The van der Waals surface area contributed by atoms with E-state index in [1.165, 1.54) is 13.1 Å². The molecule has 0 atom stereocenters. The molecule has 2 N–H and O–H groups in total. The van der Waals surface area contributed by atoms with Crippen LogP contribution in [0.5, 0.6) is 0 Å². The van der Waals surface area contributed by atoms with Crippen LogP contribution in [-0.2, 0) is 0 Å². The first-order valence-corrected chi connectivity index (χ1v) is 7.01. The Balaban J connectivity index is 2.16. The van der Waals surface area contributed by atoms with Crippen LogP contribution in [0.25, 0.3) is 0 Å². The highest BCUT2D eigenvalue weighted by atomic mass is 32.1. The smallest absolute Gasteiger partial charge is 0.0870 e. The monoisotopic (exact) mass is 258 g/mol. The van der Waals surface area contributed by atoms with Crippen molar-refractivity contribution in [1.82, 2.24) is 14.7 Å². The highest BCUT2D eigenvalue weighted by molar-refractivity contribution is 7.80. The lowest BCUT2D eigenvalue weighted by Gasteiger charge is -2.35. The van der Waals surface area contributed by atoms with Crippen molar-refractivity contribution in [2.45, 2.75) is 13.8 Å². The van der Waals surface area contributed by atoms with Crippen LogP contribution in [0.15, 0.2) is 0 Å². The second-order valence-corrected chi connectivity index (χ2v) is 5.14. The van der Waals surface area contributed by atoms with Gasteiger partial charge in [-0.2, -0.15) is 0 Å². The van der Waals surface area contributed by atoms with E-state index in [9.17, 15) is 0 Å². The minimum Gasteiger partial charge on any atom is -0.392 e. The highest BCUT2D eigenvalue weighted by Gasteiger charge is 2.17. The molecule has 1 rings (SSSR count). The van der Waals surface area contributed by atoms with Gasteiger partial charge in [-0.15, -0.1) is 0 Å². The first-order chi connectivity index (χ1) is 8.15. The van der Waals surface area contributed by atoms with Crippen molar-refractivity contribution in [2.24, 2.45) is 5.73 Å². The van der Waals surface area contributed by atoms with Crippen molar-refractivity contribution in [1.29, 1.82) is 0 Å². The standard InChI is InChI=1S/C12H26N4S/c1-3-14(4-2)5-6-15-7-9-16(10-8-15)11-12(13)17/h3-11H2,1-2H3,(H2,13,17). The Hall–Kier alpha value is -0.230. The number of piperazine rings is 1. The van der Waals surface area contributed by atoms with Crippen molar-refractivity contribution in [3.8, 4) is 0 Å². The van der Waals surface area contributed by atoms with Gasteiger partial charge in [0.1, 0.15) is 0 Å². The number of nitrogens with two attached hydrogens (primary N) is 1. The molecule has 1 fully saturated rings. The Morgan fingerprint density at radius 3 is 2.12 bits per heavy atom. The van der Waals surface area contributed by atoms with E-state index in [0.717, 1.165) is 45.8 Å². The Morgan fingerprint density at radius 1 is 1.12 bits per heavy atom. The summed E-state index contributed by atoms with van der Waals surface area (Å²) in [5.41, 5.74) is 5.56. The number of thiocarbonyl (C=S) groups is 1. The molecule has 0 aromatic heterocycles. The summed E-state index contributed by atoms with van der Waals surface area (Å²) in [4.78, 5) is 7.97. The third-order valence-corrected chi connectivity index (χ3v) is 3.60. The molecule has 1 aliphatic rings. The maximum absolute atomic E-state index is 5.56. The molecule has 0 aromatic carbocycles. The molecule has 1 heterocycles. The highest BCUT2D eigenvalue weighted by Crippen LogP contribution is 2.01. The lowest BCUT2D eigenvalue weighted by atomic mass is 10.3. The fourth-order valence-electron chi connectivity index (χ4n) is 2.21. The van der Waals surface area contributed by atoms with E-state index in [1.807, 2.05) is 0 Å². The molecule has 0 unspecified atom stereocenters. The van der Waals surface area contributed by atoms with Crippen LogP contribution >= 0.6 is 12.2 Å². The van der Waals surface area contributed by atoms with Crippen LogP contribution in [0, 0.1) is 0 Å². The topological polar surface area (TPSA) is 35.7 Å². The van der Waals surface area contributed by atoms with Crippen LogP contribution in [0.3, 0.4) is 0 Å². The van der Waals surface area contributed by atoms with Crippen molar-refractivity contribution in [3.63, 3.8) is 0 Å². The van der Waals surface area contributed by atoms with Crippen molar-refractivity contribution in [2.75, 3.05) is 58.9 Å². The molecule has 5 heteroatoms. The molecule has 0 bridgehead atoms. The summed E-state index contributed by atoms with van der Waals surface area (Å²) in [5, 5.41) is 0. The largest absolute Gasteiger partial charge is 0.392 e. The summed E-state index contributed by atoms with van der Waals surface area (Å²) in [6.45, 7) is 14.4. The molecule has 17 heavy (non-hydrogen) atoms. The number of likely N-dealkylation sites (N-methyl/N-ethyl adjacent to an activating group) is 1. The van der Waals surface area contributed by atoms with E-state index in [1.54, 1.807) is 0 Å². The number of hydrogen-bond acceptors (Lipinski definition) is 4. The van der Waals surface area contributed by atoms with Crippen LogP contribution in [-0.4, -0.2) is 78.6 Å². The number of hydrogen-bond donors (Lipinski definition) is 1. The summed E-state index contributed by atoms with van der Waals surface area (Å²) in [7, 11) is 0. The fraction of sp³-hybridized carbons (Fsp3) is 0.917. The first kappa shape index (κ1) is 14.8. The summed E-state index contributed by atoms with van der Waals surface area (Å²) in [6, 6.07) is 0. The van der Waals surface area contributed by atoms with Crippen LogP contribution in [0.4, 0.5) is 0 Å². The van der Waals surface area contributed by atoms with Gasteiger partial charge in [-0.1, -0.05) is 26.1 Å². The number of nitrogens with zero attached hydrogens (tertiary/aromatic N) is 3. The molecule has 4 nitrogen and oxygen atoms in total. The zero-order valence-electron chi connectivity index (χ0n) is 11.2. The van der Waals surface area contributed by atoms with E-state index in [-0.39, 0.29) is 0 Å². The average Bonchev–Trinajstić information content (AvgIpc) is 2.32. The quantitative estimate of drug-likeness (QED) is 0.662. The lowest BCUT2D eigenvalue weighted by molar-refractivity contribution is 0.131. The predicted molar refractivity (Wildman–Crippen MR) is 77.5 cm³/mol. The SMILES string of the molecule is CCN(CC)CCN1CCN(CC(N)=S)CC1. The minimum absolute atomic E-state index is 0.613. The maximum atomic E-state index is 5.56. The van der Waals surface area contributed by atoms with Gasteiger partial charge in [-0.05, 0) is 13.1 Å². The molecule has 1 aliphatic heterocycles. The van der Waals surface area contributed by atoms with Gasteiger partial charge in [0.2, 0.25) is 0 Å². The maximum Gasteiger partial charge on any atom is 0.0870 e. The van der Waals surface area contributed by atoms with Crippen molar-refractivity contribution < 1.29 is 0 Å². The fourth-order valence-corrected chi connectivity index (χ4v) is 2.40. The Bertz CT molecular complexity index is 223. The van der Waals surface area contributed by atoms with Gasteiger partial charge < -0.3 is 10.6 Å². The van der Waals surface area contributed by atoms with Gasteiger partial charge in [0.25, 0.3) is 0 Å². The minimum atomic E-state index is 0.613. The predicted octanol–water partition coefficient (Wildman–Crippen LogP) is 0.232. The van der Waals surface area contributed by atoms with E-state index >= 15 is 0 Å². The van der Waals surface area contributed by atoms with Gasteiger partial charge in [-0.3, -0.25) is 9.80 Å². The summed E-state index contributed by atoms with van der Waals surface area (Å²) in [6.07, 6.45) is 0. The third kappa shape index (κ3) is 5.77. The normalized spacial score (nSPS) is 18.8. The van der Waals surface area contributed by atoms with Crippen LogP contribution in [0.2, 0.25) is 0 Å². The van der Waals surface area contributed by atoms with Gasteiger partial charge in [0.05, 0.1) is 4.99 Å². The van der Waals surface area contributed by atoms with Crippen LogP contribution < -0.4 is 5.73 Å². The molecular formula is C12H26N4S. The lowest BCUT2D eigenvalue weighted by Crippen LogP contribution is -2.50. The average molecular weight is 258 g/mol. The Morgan fingerprint density at radius 2 is 1.65 bits per heavy atom. The molecule has 0 saturated carbocycles. The molecule has 100 valence electrons. The van der Waals surface area contributed by atoms with Gasteiger partial charge in [0.15, 0.2) is 0 Å². The van der Waals surface area contributed by atoms with Crippen molar-refractivity contribution >= 4 is 17.2 Å². The van der Waals surface area contributed by atoms with E-state index in [4.69, 9.17) is 18.0 Å². The molecule has 0 spiro atoms. The number of rotatable bonds is 7. The zero-order chi connectivity index (χ0) is 12.7. The van der Waals surface area contributed by atoms with E-state index in [0.29, 0.717) is 4.99 Å². The van der Waals surface area contributed by atoms with E-state index in [2.05, 4.69) is 28.5 Å². The summed E-state index contributed by atoms with van der Waals surface area (Å²) >= 11 is 4.94. The van der Waals surface area contributed by atoms with E-state index < -0.39 is 0 Å².